The molecule has 3 heterocycles. The van der Waals surface area contributed by atoms with Crippen LogP contribution in [0.4, 0.5) is 15.9 Å². The van der Waals surface area contributed by atoms with Gasteiger partial charge in [-0.2, -0.15) is 5.26 Å². The Bertz CT molecular complexity index is 999. The number of fused-ring (bicyclic) bond motifs is 1. The number of aromatic nitrogens is 4. The van der Waals surface area contributed by atoms with Gasteiger partial charge in [-0.05, 0) is 43.7 Å². The summed E-state index contributed by atoms with van der Waals surface area (Å²) < 4.78 is 15.2. The number of nitrogens with two attached hydrogens (primary N) is 1. The van der Waals surface area contributed by atoms with Crippen LogP contribution in [0.15, 0.2) is 30.7 Å². The molecule has 0 amide bonds. The molecular weight excluding hydrogens is 345 g/mol. The molecule has 7 nitrogen and oxygen atoms in total. The fraction of sp³-hybridized carbons (Fsp3) is 0.368. The van der Waals surface area contributed by atoms with Gasteiger partial charge in [0.05, 0.1) is 24.2 Å². The molecule has 0 atom stereocenters. The normalized spacial score (nSPS) is 19.7. The summed E-state index contributed by atoms with van der Waals surface area (Å²) in [5.74, 6) is 1.14. The molecule has 0 saturated heterocycles. The first-order valence-corrected chi connectivity index (χ1v) is 9.03. The zero-order valence-electron chi connectivity index (χ0n) is 14.8. The highest BCUT2D eigenvalue weighted by Gasteiger charge is 2.22. The van der Waals surface area contributed by atoms with Crippen LogP contribution in [-0.4, -0.2) is 25.4 Å². The fourth-order valence-electron chi connectivity index (χ4n) is 3.58. The van der Waals surface area contributed by atoms with Crippen LogP contribution < -0.4 is 11.1 Å². The minimum absolute atomic E-state index is 0.268. The Balaban J connectivity index is 1.57. The summed E-state index contributed by atoms with van der Waals surface area (Å²) in [5, 5.41) is 12.3. The van der Waals surface area contributed by atoms with E-state index in [-0.39, 0.29) is 11.9 Å². The van der Waals surface area contributed by atoms with Gasteiger partial charge in [-0.3, -0.25) is 4.40 Å². The summed E-state index contributed by atoms with van der Waals surface area (Å²) in [6.45, 7) is 0. The maximum Gasteiger partial charge on any atom is 0.180 e. The molecule has 0 aliphatic heterocycles. The third kappa shape index (κ3) is 3.53. The number of rotatable bonds is 4. The van der Waals surface area contributed by atoms with Crippen molar-refractivity contribution in [3.8, 4) is 17.6 Å². The topological polar surface area (TPSA) is 105 Å². The molecule has 0 spiro atoms. The monoisotopic (exact) mass is 365 g/mol. The Morgan fingerprint density at radius 3 is 2.81 bits per heavy atom. The minimum atomic E-state index is -0.357. The lowest BCUT2D eigenvalue weighted by atomic mass is 9.84. The molecule has 1 saturated carbocycles. The van der Waals surface area contributed by atoms with Crippen molar-refractivity contribution in [1.82, 2.24) is 19.4 Å². The number of nitrogen functional groups attached to an aromatic ring is 1. The second-order valence-corrected chi connectivity index (χ2v) is 6.94. The molecule has 4 rings (SSSR count). The van der Waals surface area contributed by atoms with Crippen LogP contribution in [0.5, 0.6) is 0 Å². The van der Waals surface area contributed by atoms with Crippen LogP contribution in [0.25, 0.3) is 17.2 Å². The molecule has 3 aromatic heterocycles. The molecule has 3 aromatic rings. The highest BCUT2D eigenvalue weighted by molar-refractivity contribution is 5.65. The van der Waals surface area contributed by atoms with Crippen molar-refractivity contribution in [2.45, 2.75) is 38.1 Å². The Morgan fingerprint density at radius 2 is 2.04 bits per heavy atom. The van der Waals surface area contributed by atoms with Gasteiger partial charge in [-0.25, -0.2) is 19.3 Å². The van der Waals surface area contributed by atoms with Crippen molar-refractivity contribution in [2.24, 2.45) is 5.92 Å². The number of nitrogens with zero attached hydrogens (tertiary/aromatic N) is 5. The van der Waals surface area contributed by atoms with Crippen molar-refractivity contribution in [3.63, 3.8) is 0 Å². The smallest absolute Gasteiger partial charge is 0.180 e. The van der Waals surface area contributed by atoms with E-state index in [1.54, 1.807) is 22.9 Å². The van der Waals surface area contributed by atoms with Crippen LogP contribution in [0.2, 0.25) is 0 Å². The van der Waals surface area contributed by atoms with E-state index in [4.69, 9.17) is 11.0 Å². The van der Waals surface area contributed by atoms with Gasteiger partial charge < -0.3 is 11.1 Å². The summed E-state index contributed by atoms with van der Waals surface area (Å²) >= 11 is 0. The Hall–Kier alpha value is -3.21. The van der Waals surface area contributed by atoms with Gasteiger partial charge in [0.25, 0.3) is 0 Å². The number of pyridine rings is 1. The van der Waals surface area contributed by atoms with Crippen molar-refractivity contribution < 1.29 is 4.39 Å². The summed E-state index contributed by atoms with van der Waals surface area (Å²) in [5.41, 5.74) is 7.75. The molecule has 1 fully saturated rings. The lowest BCUT2D eigenvalue weighted by Gasteiger charge is -2.28. The molecule has 8 heteroatoms. The summed E-state index contributed by atoms with van der Waals surface area (Å²) in [6.07, 6.45) is 9.17. The van der Waals surface area contributed by atoms with E-state index < -0.39 is 0 Å². The van der Waals surface area contributed by atoms with E-state index in [1.165, 1.54) is 12.3 Å². The fourth-order valence-corrected chi connectivity index (χ4v) is 3.58. The van der Waals surface area contributed by atoms with Gasteiger partial charge in [0.1, 0.15) is 17.2 Å². The Labute approximate surface area is 156 Å². The van der Waals surface area contributed by atoms with Gasteiger partial charge >= 0.3 is 0 Å². The molecule has 1 aliphatic carbocycles. The van der Waals surface area contributed by atoms with E-state index in [0.717, 1.165) is 25.7 Å². The highest BCUT2D eigenvalue weighted by atomic mass is 19.1. The standard InChI is InChI=1S/C19H20FN7/c20-13-3-6-17-23-10-16(27(17)11-13)19-24-9-15(22)18(26-19)25-14-4-1-12(2-5-14)7-8-21/h3,6,9-12,14H,1-2,4-5,7,22H2,(H,24,25,26)/t12-,14-. The number of hydrogen-bond donors (Lipinski definition) is 2. The predicted octanol–water partition coefficient (Wildman–Crippen LogP) is 3.40. The van der Waals surface area contributed by atoms with E-state index >= 15 is 0 Å². The first-order valence-electron chi connectivity index (χ1n) is 9.03. The van der Waals surface area contributed by atoms with Gasteiger partial charge in [0.15, 0.2) is 11.6 Å². The van der Waals surface area contributed by atoms with Crippen LogP contribution in [0.1, 0.15) is 32.1 Å². The third-order valence-corrected chi connectivity index (χ3v) is 5.08. The van der Waals surface area contributed by atoms with Gasteiger partial charge in [0.2, 0.25) is 0 Å². The average Bonchev–Trinajstić information content (AvgIpc) is 3.08. The molecular formula is C19H20FN7. The molecule has 1 aliphatic rings. The van der Waals surface area contributed by atoms with Crippen LogP contribution >= 0.6 is 0 Å². The zero-order valence-corrected chi connectivity index (χ0v) is 14.8. The molecule has 0 unspecified atom stereocenters. The van der Waals surface area contributed by atoms with E-state index in [9.17, 15) is 4.39 Å². The third-order valence-electron chi connectivity index (χ3n) is 5.08. The SMILES string of the molecule is N#CC[C@H]1CC[C@H](Nc2nc(-c3cnc4ccc(F)cn34)ncc2N)CC1. The van der Waals surface area contributed by atoms with Crippen molar-refractivity contribution in [3.05, 3.63) is 36.5 Å². The lowest BCUT2D eigenvalue weighted by Crippen LogP contribution is -2.27. The maximum atomic E-state index is 13.6. The van der Waals surface area contributed by atoms with E-state index in [0.29, 0.717) is 41.0 Å². The summed E-state index contributed by atoms with van der Waals surface area (Å²) in [7, 11) is 0. The van der Waals surface area contributed by atoms with Crippen molar-refractivity contribution in [2.75, 3.05) is 11.1 Å². The predicted molar refractivity (Wildman–Crippen MR) is 100 cm³/mol. The first-order chi connectivity index (χ1) is 13.1. The number of imidazole rings is 1. The maximum absolute atomic E-state index is 13.6. The van der Waals surface area contributed by atoms with Crippen LogP contribution in [0.3, 0.4) is 0 Å². The molecule has 0 aromatic carbocycles. The molecule has 138 valence electrons. The van der Waals surface area contributed by atoms with Crippen LogP contribution in [-0.2, 0) is 0 Å². The average molecular weight is 365 g/mol. The Kier molecular flexibility index (Phi) is 4.59. The number of anilines is 2. The van der Waals surface area contributed by atoms with Crippen molar-refractivity contribution in [1.29, 1.82) is 5.26 Å². The number of nitrogens with one attached hydrogen (secondary N) is 1. The first kappa shape index (κ1) is 17.2. The molecule has 0 bridgehead atoms. The quantitative estimate of drug-likeness (QED) is 0.734. The van der Waals surface area contributed by atoms with Gasteiger partial charge in [-0.1, -0.05) is 0 Å². The number of halogens is 1. The van der Waals surface area contributed by atoms with Gasteiger partial charge in [0, 0.05) is 18.7 Å². The zero-order chi connectivity index (χ0) is 18.8. The van der Waals surface area contributed by atoms with Gasteiger partial charge in [-0.15, -0.1) is 0 Å². The summed E-state index contributed by atoms with van der Waals surface area (Å²) in [6, 6.07) is 5.50. The summed E-state index contributed by atoms with van der Waals surface area (Å²) in [4.78, 5) is 13.1. The van der Waals surface area contributed by atoms with Crippen molar-refractivity contribution >= 4 is 17.2 Å². The largest absolute Gasteiger partial charge is 0.394 e. The van der Waals surface area contributed by atoms with Crippen LogP contribution in [0, 0.1) is 23.1 Å². The highest BCUT2D eigenvalue weighted by Crippen LogP contribution is 2.30. The molecule has 3 N–H and O–H groups in total. The lowest BCUT2D eigenvalue weighted by molar-refractivity contribution is 0.342. The number of hydrogen-bond acceptors (Lipinski definition) is 6. The number of nitriles is 1. The molecule has 27 heavy (non-hydrogen) atoms. The second-order valence-electron chi connectivity index (χ2n) is 6.94. The van der Waals surface area contributed by atoms with E-state index in [2.05, 4.69) is 26.3 Å². The minimum Gasteiger partial charge on any atom is -0.394 e. The molecule has 0 radical (unpaired) electrons. The Morgan fingerprint density at radius 1 is 1.22 bits per heavy atom. The van der Waals surface area contributed by atoms with E-state index in [1.807, 2.05) is 0 Å². The second kappa shape index (κ2) is 7.19.